The van der Waals surface area contributed by atoms with Crippen LogP contribution in [0.1, 0.15) is 74.7 Å². The third kappa shape index (κ3) is 5.21. The number of carbonyl (C=O) groups excluding carboxylic acids is 3. The van der Waals surface area contributed by atoms with Gasteiger partial charge in [0.2, 0.25) is 12.1 Å². The topological polar surface area (TPSA) is 211 Å². The molecule has 0 spiro atoms. The number of hydrogen-bond acceptors (Lipinski definition) is 12. The summed E-state index contributed by atoms with van der Waals surface area (Å²) in [6, 6.07) is 0. The molecule has 13 atom stereocenters. The van der Waals surface area contributed by atoms with Crippen molar-refractivity contribution in [1.29, 1.82) is 0 Å². The van der Waals surface area contributed by atoms with Gasteiger partial charge in [-0.1, -0.05) is 38.5 Å². The van der Waals surface area contributed by atoms with Crippen LogP contribution in [0.2, 0.25) is 0 Å². The fraction of sp³-hybridized carbons (Fsp3) is 0.750. The molecule has 2 saturated carbocycles. The molecule has 5 aliphatic rings. The van der Waals surface area contributed by atoms with Crippen molar-refractivity contribution in [2.75, 3.05) is 6.61 Å². The molecule has 0 aromatic rings. The number of fused-ring (bicyclic) bond motifs is 5. The standard InChI is InChI=1S/C36H52O12/c1-31(2,45)12-11-23(39)36(8,46)28-19(38)14-33(5)22-10-9-17-18(35(22,7)24(40)15-34(28,33)6)13-20(29(44)32(17,3)4)47-30-27(43)26(42)25(41)21(16-37)48-30/h9,11-13,18-19,21-22,25-28,30,37-38,41-43,45-46H,10,14-16H2,1-8H3/b12-11+/t18?,19-,21?,22?,25-,26+,27?,28?,30-,33+,34-,35+,36+/m1/s1. The molecule has 12 nitrogen and oxygen atoms in total. The van der Waals surface area contributed by atoms with Crippen molar-refractivity contribution in [3.63, 3.8) is 0 Å². The van der Waals surface area contributed by atoms with Gasteiger partial charge in [-0.25, -0.2) is 0 Å². The number of ether oxygens (including phenoxy) is 2. The zero-order chi connectivity index (χ0) is 36.2. The molecule has 268 valence electrons. The Bertz CT molecular complexity index is 1450. The van der Waals surface area contributed by atoms with Gasteiger partial charge in [-0.3, -0.25) is 14.4 Å². The molecule has 1 heterocycles. The average molecular weight is 677 g/mol. The van der Waals surface area contributed by atoms with Crippen molar-refractivity contribution >= 4 is 17.3 Å². The van der Waals surface area contributed by atoms with Crippen LogP contribution in [-0.2, 0) is 23.9 Å². The molecule has 5 rings (SSSR count). The summed E-state index contributed by atoms with van der Waals surface area (Å²) in [5.74, 6) is -3.51. The minimum Gasteiger partial charge on any atom is -0.459 e. The fourth-order valence-corrected chi connectivity index (χ4v) is 9.94. The van der Waals surface area contributed by atoms with Crippen molar-refractivity contribution < 1.29 is 59.6 Å². The summed E-state index contributed by atoms with van der Waals surface area (Å²) in [7, 11) is 0. The number of carbonyl (C=O) groups is 3. The molecule has 1 saturated heterocycles. The zero-order valence-electron chi connectivity index (χ0n) is 29.0. The SMILES string of the molecule is CC(C)(O)/C=C/C(=O)[C@](C)(O)C1[C@H](O)C[C@@]2(C)C3CC=C4C(C=C(O[C@@H]5OC(CO)[C@@H](O)[C@H](O)C5O)C(=O)C4(C)C)[C@]3(C)C(=O)C[C@]12C. The van der Waals surface area contributed by atoms with E-state index in [0.29, 0.717) is 6.42 Å². The van der Waals surface area contributed by atoms with Crippen LogP contribution in [0.25, 0.3) is 0 Å². The molecule has 1 aliphatic heterocycles. The number of hydrogen-bond donors (Lipinski definition) is 7. The number of aliphatic hydroxyl groups excluding tert-OH is 5. The molecule has 3 fully saturated rings. The van der Waals surface area contributed by atoms with E-state index >= 15 is 0 Å². The van der Waals surface area contributed by atoms with E-state index in [1.165, 1.54) is 26.8 Å². The van der Waals surface area contributed by atoms with Gasteiger partial charge in [0.25, 0.3) is 0 Å². The number of Topliss-reactive ketones (excluding diaryl/α,β-unsaturated/α-hetero) is 2. The Kier molecular flexibility index (Phi) is 8.96. The van der Waals surface area contributed by atoms with E-state index in [0.717, 1.165) is 11.6 Å². The van der Waals surface area contributed by atoms with Crippen molar-refractivity contribution in [2.45, 2.75) is 123 Å². The van der Waals surface area contributed by atoms with Gasteiger partial charge in [-0.2, -0.15) is 0 Å². The van der Waals surface area contributed by atoms with Crippen LogP contribution in [0.4, 0.5) is 0 Å². The quantitative estimate of drug-likeness (QED) is 0.148. The van der Waals surface area contributed by atoms with Crippen LogP contribution < -0.4 is 0 Å². The summed E-state index contributed by atoms with van der Waals surface area (Å²) >= 11 is 0. The van der Waals surface area contributed by atoms with Gasteiger partial charge in [0, 0.05) is 23.7 Å². The monoisotopic (exact) mass is 676 g/mol. The van der Waals surface area contributed by atoms with E-state index in [1.54, 1.807) is 19.9 Å². The van der Waals surface area contributed by atoms with Crippen LogP contribution in [0.3, 0.4) is 0 Å². The number of rotatable bonds is 7. The number of aliphatic hydroxyl groups is 7. The van der Waals surface area contributed by atoms with Gasteiger partial charge in [-0.05, 0) is 76.4 Å². The normalized spacial score (nSPS) is 45.4. The molecule has 4 aliphatic carbocycles. The second-order valence-electron chi connectivity index (χ2n) is 16.7. The van der Waals surface area contributed by atoms with Gasteiger partial charge < -0.3 is 45.2 Å². The maximum absolute atomic E-state index is 14.7. The van der Waals surface area contributed by atoms with Crippen LogP contribution in [0.5, 0.6) is 0 Å². The molecular formula is C36H52O12. The molecule has 0 amide bonds. The van der Waals surface area contributed by atoms with E-state index in [2.05, 4.69) is 0 Å². The Labute approximate surface area is 281 Å². The fourth-order valence-electron chi connectivity index (χ4n) is 9.94. The van der Waals surface area contributed by atoms with Gasteiger partial charge in [0.1, 0.15) is 35.8 Å². The molecule has 48 heavy (non-hydrogen) atoms. The number of ketones is 3. The second-order valence-corrected chi connectivity index (χ2v) is 16.7. The predicted molar refractivity (Wildman–Crippen MR) is 171 cm³/mol. The van der Waals surface area contributed by atoms with Gasteiger partial charge in [0.15, 0.2) is 11.5 Å². The largest absolute Gasteiger partial charge is 0.459 e. The lowest BCUT2D eigenvalue weighted by atomic mass is 9.39. The Morgan fingerprint density at radius 3 is 2.21 bits per heavy atom. The van der Waals surface area contributed by atoms with E-state index in [1.807, 2.05) is 26.8 Å². The zero-order valence-corrected chi connectivity index (χ0v) is 29.0. The molecule has 12 heteroatoms. The van der Waals surface area contributed by atoms with E-state index in [9.17, 15) is 50.1 Å². The average Bonchev–Trinajstić information content (AvgIpc) is 3.19. The molecule has 0 aromatic carbocycles. The second kappa shape index (κ2) is 11.6. The summed E-state index contributed by atoms with van der Waals surface area (Å²) in [5.41, 5.74) is -6.65. The molecule has 0 bridgehead atoms. The first kappa shape index (κ1) is 37.0. The van der Waals surface area contributed by atoms with Crippen LogP contribution in [0, 0.1) is 39.4 Å². The molecular weight excluding hydrogens is 624 g/mol. The highest BCUT2D eigenvalue weighted by atomic mass is 16.7. The Balaban J connectivity index is 1.55. The Morgan fingerprint density at radius 2 is 1.62 bits per heavy atom. The third-order valence-electron chi connectivity index (χ3n) is 12.9. The van der Waals surface area contributed by atoms with Crippen molar-refractivity contribution in [3.05, 3.63) is 35.6 Å². The van der Waals surface area contributed by atoms with E-state index in [-0.39, 0.29) is 24.4 Å². The molecule has 5 unspecified atom stereocenters. The lowest BCUT2D eigenvalue weighted by Gasteiger charge is -2.63. The maximum atomic E-state index is 14.7. The maximum Gasteiger partial charge on any atom is 0.229 e. The lowest BCUT2D eigenvalue weighted by molar-refractivity contribution is -0.291. The summed E-state index contributed by atoms with van der Waals surface area (Å²) in [4.78, 5) is 41.9. The molecule has 0 radical (unpaired) electrons. The van der Waals surface area contributed by atoms with Gasteiger partial charge in [-0.15, -0.1) is 0 Å². The Morgan fingerprint density at radius 1 is 1.00 bits per heavy atom. The van der Waals surface area contributed by atoms with Gasteiger partial charge in [0.05, 0.1) is 23.7 Å². The highest BCUT2D eigenvalue weighted by Gasteiger charge is 2.74. The van der Waals surface area contributed by atoms with Gasteiger partial charge >= 0.3 is 0 Å². The first-order valence-corrected chi connectivity index (χ1v) is 16.7. The van der Waals surface area contributed by atoms with Crippen LogP contribution in [-0.4, -0.2) is 108 Å². The first-order valence-electron chi connectivity index (χ1n) is 16.7. The summed E-state index contributed by atoms with van der Waals surface area (Å²) in [6.45, 7) is 12.8. The highest BCUT2D eigenvalue weighted by molar-refractivity contribution is 6.02. The third-order valence-corrected chi connectivity index (χ3v) is 12.9. The van der Waals surface area contributed by atoms with Crippen LogP contribution >= 0.6 is 0 Å². The minimum absolute atomic E-state index is 0.0637. The summed E-state index contributed by atoms with van der Waals surface area (Å²) < 4.78 is 11.5. The van der Waals surface area contributed by atoms with Crippen LogP contribution in [0.15, 0.2) is 35.6 Å². The van der Waals surface area contributed by atoms with E-state index < -0.39 is 106 Å². The smallest absolute Gasteiger partial charge is 0.229 e. The van der Waals surface area contributed by atoms with Crippen molar-refractivity contribution in [1.82, 2.24) is 0 Å². The lowest BCUT2D eigenvalue weighted by Crippen LogP contribution is -2.64. The molecule has 7 N–H and O–H groups in total. The van der Waals surface area contributed by atoms with Crippen molar-refractivity contribution in [2.24, 2.45) is 39.4 Å². The summed E-state index contributed by atoms with van der Waals surface area (Å²) in [6.07, 6.45) is -2.56. The molecule has 0 aromatic heterocycles. The summed E-state index contributed by atoms with van der Waals surface area (Å²) in [5, 5.41) is 74.4. The van der Waals surface area contributed by atoms with E-state index in [4.69, 9.17) is 9.47 Å². The van der Waals surface area contributed by atoms with Crippen molar-refractivity contribution in [3.8, 4) is 0 Å². The predicted octanol–water partition coefficient (Wildman–Crippen LogP) is 0.878. The Hall–Kier alpha value is -2.29. The first-order chi connectivity index (χ1) is 21.9. The number of allylic oxidation sites excluding steroid dienone is 4. The highest BCUT2D eigenvalue weighted by Crippen LogP contribution is 2.73. The minimum atomic E-state index is -2.05.